The number of hydrogen-bond acceptors (Lipinski definition) is 3. The highest BCUT2D eigenvalue weighted by molar-refractivity contribution is 7.89. The van der Waals surface area contributed by atoms with Gasteiger partial charge in [0.1, 0.15) is 0 Å². The predicted molar refractivity (Wildman–Crippen MR) is 71.8 cm³/mol. The van der Waals surface area contributed by atoms with Crippen molar-refractivity contribution in [1.29, 1.82) is 0 Å². The van der Waals surface area contributed by atoms with Crippen molar-refractivity contribution in [3.8, 4) is 0 Å². The molecule has 1 aliphatic heterocycles. The highest BCUT2D eigenvalue weighted by atomic mass is 32.2. The summed E-state index contributed by atoms with van der Waals surface area (Å²) in [4.78, 5) is 0.325. The first-order chi connectivity index (χ1) is 8.60. The van der Waals surface area contributed by atoms with Gasteiger partial charge >= 0.3 is 0 Å². The van der Waals surface area contributed by atoms with Gasteiger partial charge in [0, 0.05) is 13.1 Å². The van der Waals surface area contributed by atoms with Crippen molar-refractivity contribution in [2.45, 2.75) is 37.7 Å². The van der Waals surface area contributed by atoms with Crippen molar-refractivity contribution in [3.05, 3.63) is 30.3 Å². The maximum absolute atomic E-state index is 12.1. The van der Waals surface area contributed by atoms with Crippen molar-refractivity contribution in [2.24, 2.45) is 0 Å². The van der Waals surface area contributed by atoms with Crippen LogP contribution in [0.5, 0.6) is 0 Å². The van der Waals surface area contributed by atoms with Gasteiger partial charge in [-0.05, 0) is 25.0 Å². The van der Waals surface area contributed by atoms with E-state index in [0.29, 0.717) is 30.8 Å². The van der Waals surface area contributed by atoms with Crippen LogP contribution in [0.15, 0.2) is 35.2 Å². The maximum Gasteiger partial charge on any atom is 0.243 e. The molecule has 1 aliphatic rings. The van der Waals surface area contributed by atoms with Gasteiger partial charge in [-0.15, -0.1) is 0 Å². The summed E-state index contributed by atoms with van der Waals surface area (Å²) in [6.45, 7) is 4.80. The second-order valence-corrected chi connectivity index (χ2v) is 5.89. The molecule has 1 fully saturated rings. The predicted octanol–water partition coefficient (Wildman–Crippen LogP) is 1.86. The Hall–Kier alpha value is -0.910. The third kappa shape index (κ3) is 3.54. The molecule has 1 aromatic rings. The fourth-order valence-corrected chi connectivity index (χ4v) is 3.31. The first-order valence-corrected chi connectivity index (χ1v) is 7.78. The molecule has 0 aromatic heterocycles. The largest absolute Gasteiger partial charge is 0.393 e. The smallest absolute Gasteiger partial charge is 0.243 e. The molecule has 5 heteroatoms. The highest BCUT2D eigenvalue weighted by Gasteiger charge is 2.28. The average molecular weight is 271 g/mol. The van der Waals surface area contributed by atoms with Gasteiger partial charge in [-0.25, -0.2) is 8.42 Å². The number of benzene rings is 1. The lowest BCUT2D eigenvalue weighted by molar-refractivity contribution is 0.113. The minimum absolute atomic E-state index is 0.325. The molecule has 1 heterocycles. The second-order valence-electron chi connectivity index (χ2n) is 3.95. The molecule has 0 bridgehead atoms. The monoisotopic (exact) mass is 271 g/mol. The first-order valence-electron chi connectivity index (χ1n) is 6.34. The highest BCUT2D eigenvalue weighted by Crippen LogP contribution is 2.20. The van der Waals surface area contributed by atoms with E-state index in [1.54, 1.807) is 30.3 Å². The van der Waals surface area contributed by atoms with Gasteiger partial charge in [0.05, 0.1) is 11.0 Å². The molecule has 0 aliphatic carbocycles. The SMILES string of the molecule is CC.O=S(=O)(c1ccccc1)N1CCC(O)CC1. The van der Waals surface area contributed by atoms with Crippen LogP contribution in [0.2, 0.25) is 0 Å². The van der Waals surface area contributed by atoms with Crippen molar-refractivity contribution in [3.63, 3.8) is 0 Å². The van der Waals surface area contributed by atoms with Crippen LogP contribution in [0.25, 0.3) is 0 Å². The molecule has 1 saturated heterocycles. The van der Waals surface area contributed by atoms with Crippen LogP contribution < -0.4 is 0 Å². The third-order valence-electron chi connectivity index (χ3n) is 2.80. The zero-order valence-corrected chi connectivity index (χ0v) is 11.7. The summed E-state index contributed by atoms with van der Waals surface area (Å²) in [6, 6.07) is 8.41. The number of rotatable bonds is 2. The molecule has 2 rings (SSSR count). The number of sulfonamides is 1. The first kappa shape index (κ1) is 15.1. The number of aliphatic hydroxyl groups excluding tert-OH is 1. The molecular weight excluding hydrogens is 250 g/mol. The van der Waals surface area contributed by atoms with E-state index in [-0.39, 0.29) is 6.10 Å². The molecule has 18 heavy (non-hydrogen) atoms. The van der Waals surface area contributed by atoms with Crippen LogP contribution in [-0.4, -0.2) is 37.0 Å². The molecular formula is C13H21NO3S. The van der Waals surface area contributed by atoms with Crippen molar-refractivity contribution >= 4 is 10.0 Å². The van der Waals surface area contributed by atoms with Crippen molar-refractivity contribution in [1.82, 2.24) is 4.31 Å². The minimum Gasteiger partial charge on any atom is -0.393 e. The molecule has 0 spiro atoms. The molecule has 0 atom stereocenters. The number of piperidine rings is 1. The van der Waals surface area contributed by atoms with Crippen LogP contribution in [0.1, 0.15) is 26.7 Å². The van der Waals surface area contributed by atoms with E-state index in [1.165, 1.54) is 4.31 Å². The molecule has 1 aromatic carbocycles. The summed E-state index contributed by atoms with van der Waals surface area (Å²) < 4.78 is 25.7. The lowest BCUT2D eigenvalue weighted by atomic mass is 10.1. The Balaban J connectivity index is 0.000000771. The van der Waals surface area contributed by atoms with Crippen molar-refractivity contribution < 1.29 is 13.5 Å². The normalized spacial score (nSPS) is 17.9. The number of aliphatic hydroxyl groups is 1. The van der Waals surface area contributed by atoms with Gasteiger partial charge in [0.15, 0.2) is 0 Å². The summed E-state index contributed by atoms with van der Waals surface area (Å²) in [5, 5.41) is 9.34. The molecule has 102 valence electrons. The van der Waals surface area contributed by atoms with Crippen LogP contribution in [0, 0.1) is 0 Å². The van der Waals surface area contributed by atoms with Crippen LogP contribution >= 0.6 is 0 Å². The minimum atomic E-state index is -3.36. The summed E-state index contributed by atoms with van der Waals surface area (Å²) in [5.74, 6) is 0. The fraction of sp³-hybridized carbons (Fsp3) is 0.538. The molecule has 0 amide bonds. The van der Waals surface area contributed by atoms with Crippen LogP contribution in [0.4, 0.5) is 0 Å². The van der Waals surface area contributed by atoms with Gasteiger partial charge in [-0.3, -0.25) is 0 Å². The van der Waals surface area contributed by atoms with E-state index in [9.17, 15) is 13.5 Å². The van der Waals surface area contributed by atoms with Gasteiger partial charge in [-0.2, -0.15) is 4.31 Å². The lowest BCUT2D eigenvalue weighted by Gasteiger charge is -2.28. The molecule has 0 radical (unpaired) electrons. The van der Waals surface area contributed by atoms with Gasteiger partial charge in [0.25, 0.3) is 0 Å². The summed E-state index contributed by atoms with van der Waals surface area (Å²) in [7, 11) is -3.36. The van der Waals surface area contributed by atoms with E-state index in [4.69, 9.17) is 0 Å². The average Bonchev–Trinajstić information content (AvgIpc) is 2.42. The Morgan fingerprint density at radius 1 is 1.11 bits per heavy atom. The van der Waals surface area contributed by atoms with Gasteiger partial charge < -0.3 is 5.11 Å². The number of hydrogen-bond donors (Lipinski definition) is 1. The van der Waals surface area contributed by atoms with Gasteiger partial charge in [0.2, 0.25) is 10.0 Å². The molecule has 4 nitrogen and oxygen atoms in total. The number of nitrogens with zero attached hydrogens (tertiary/aromatic N) is 1. The Morgan fingerprint density at radius 2 is 1.61 bits per heavy atom. The van der Waals surface area contributed by atoms with E-state index in [0.717, 1.165) is 0 Å². The zero-order chi connectivity index (χ0) is 13.6. The Kier molecular flexibility index (Phi) is 5.78. The Labute approximate surface area is 109 Å². The van der Waals surface area contributed by atoms with Crippen LogP contribution in [0.3, 0.4) is 0 Å². The fourth-order valence-electron chi connectivity index (χ4n) is 1.82. The summed E-state index contributed by atoms with van der Waals surface area (Å²) >= 11 is 0. The maximum atomic E-state index is 12.1. The molecule has 0 unspecified atom stereocenters. The standard InChI is InChI=1S/C11H15NO3S.C2H6/c13-10-6-8-12(9-7-10)16(14,15)11-4-2-1-3-5-11;1-2/h1-5,10,13H,6-9H2;1-2H3. The van der Waals surface area contributed by atoms with Gasteiger partial charge in [-0.1, -0.05) is 32.0 Å². The Morgan fingerprint density at radius 3 is 2.11 bits per heavy atom. The van der Waals surface area contributed by atoms with E-state index in [2.05, 4.69) is 0 Å². The molecule has 0 saturated carbocycles. The quantitative estimate of drug-likeness (QED) is 0.893. The molecule has 1 N–H and O–H groups in total. The second kappa shape index (κ2) is 6.87. The van der Waals surface area contributed by atoms with E-state index in [1.807, 2.05) is 13.8 Å². The summed E-state index contributed by atoms with van der Waals surface area (Å²) in [5.41, 5.74) is 0. The topological polar surface area (TPSA) is 57.6 Å². The lowest BCUT2D eigenvalue weighted by Crippen LogP contribution is -2.39. The summed E-state index contributed by atoms with van der Waals surface area (Å²) in [6.07, 6.45) is 0.681. The van der Waals surface area contributed by atoms with E-state index >= 15 is 0 Å². The Bertz CT molecular complexity index is 437. The van der Waals surface area contributed by atoms with Crippen molar-refractivity contribution in [2.75, 3.05) is 13.1 Å². The van der Waals surface area contributed by atoms with Crippen LogP contribution in [-0.2, 0) is 10.0 Å². The third-order valence-corrected chi connectivity index (χ3v) is 4.72. The zero-order valence-electron chi connectivity index (χ0n) is 10.9. The van der Waals surface area contributed by atoms with E-state index < -0.39 is 10.0 Å².